The van der Waals surface area contributed by atoms with Gasteiger partial charge in [0.05, 0.1) is 22.9 Å². The van der Waals surface area contributed by atoms with Crippen LogP contribution in [0.15, 0.2) is 23.0 Å². The minimum absolute atomic E-state index is 0.0564. The number of hydrogen-bond donors (Lipinski definition) is 1. The van der Waals surface area contributed by atoms with Crippen LogP contribution in [0.2, 0.25) is 0 Å². The Hall–Kier alpha value is -1.36. The summed E-state index contributed by atoms with van der Waals surface area (Å²) >= 11 is 4.94. The highest BCUT2D eigenvalue weighted by atomic mass is 32.1. The number of likely N-dealkylation sites (tertiary alicyclic amines) is 1. The number of nitrogens with zero attached hydrogens (tertiary/aromatic N) is 1. The van der Waals surface area contributed by atoms with E-state index in [-0.39, 0.29) is 11.9 Å². The lowest BCUT2D eigenvalue weighted by Gasteiger charge is -2.22. The molecule has 1 aliphatic heterocycles. The number of thiocarbonyl (C=S) groups is 1. The summed E-state index contributed by atoms with van der Waals surface area (Å²) in [6.45, 7) is 0.714. The Morgan fingerprint density at radius 3 is 3.07 bits per heavy atom. The van der Waals surface area contributed by atoms with E-state index in [9.17, 15) is 4.79 Å². The van der Waals surface area contributed by atoms with Crippen LogP contribution in [0, 0.1) is 0 Å². The lowest BCUT2D eigenvalue weighted by Crippen LogP contribution is -2.42. The zero-order valence-electron chi connectivity index (χ0n) is 8.18. The zero-order valence-corrected chi connectivity index (χ0v) is 9.00. The van der Waals surface area contributed by atoms with Crippen molar-refractivity contribution in [1.82, 2.24) is 4.90 Å². The molecule has 0 saturated carbocycles. The van der Waals surface area contributed by atoms with Crippen molar-refractivity contribution in [2.24, 2.45) is 5.73 Å². The molecule has 1 unspecified atom stereocenters. The van der Waals surface area contributed by atoms with Gasteiger partial charge in [0.1, 0.15) is 6.26 Å². The highest BCUT2D eigenvalue weighted by Gasteiger charge is 2.31. The normalized spacial score (nSPS) is 20.5. The van der Waals surface area contributed by atoms with Crippen LogP contribution in [0.3, 0.4) is 0 Å². The van der Waals surface area contributed by atoms with Crippen LogP contribution in [-0.2, 0) is 0 Å². The molecule has 0 aromatic carbocycles. The standard InChI is InChI=1S/C10H12N2O2S/c11-9(15)8-2-1-4-12(8)10(13)7-3-5-14-6-7/h3,5-6,8H,1-2,4H2,(H2,11,15). The third-order valence-corrected chi connectivity index (χ3v) is 2.88. The maximum absolute atomic E-state index is 12.0. The van der Waals surface area contributed by atoms with Crippen molar-refractivity contribution in [2.75, 3.05) is 6.54 Å². The second-order valence-electron chi connectivity index (χ2n) is 3.57. The fourth-order valence-electron chi connectivity index (χ4n) is 1.86. The second-order valence-corrected chi connectivity index (χ2v) is 4.04. The molecule has 0 radical (unpaired) electrons. The molecule has 0 spiro atoms. The predicted octanol–water partition coefficient (Wildman–Crippen LogP) is 1.17. The van der Waals surface area contributed by atoms with Crippen LogP contribution in [0.5, 0.6) is 0 Å². The molecular formula is C10H12N2O2S. The number of furan rings is 1. The Bertz CT molecular complexity index is 375. The second kappa shape index (κ2) is 4.02. The van der Waals surface area contributed by atoms with Gasteiger partial charge in [-0.3, -0.25) is 4.79 Å². The van der Waals surface area contributed by atoms with E-state index in [1.54, 1.807) is 11.0 Å². The first-order valence-corrected chi connectivity index (χ1v) is 5.23. The number of carbonyl (C=O) groups is 1. The Kier molecular flexibility index (Phi) is 2.73. The molecule has 2 rings (SSSR count). The van der Waals surface area contributed by atoms with Gasteiger partial charge in [-0.2, -0.15) is 0 Å². The van der Waals surface area contributed by atoms with Gasteiger partial charge in [0.2, 0.25) is 0 Å². The topological polar surface area (TPSA) is 59.5 Å². The third-order valence-electron chi connectivity index (χ3n) is 2.61. The van der Waals surface area contributed by atoms with Gasteiger partial charge in [-0.05, 0) is 18.9 Å². The number of hydrogen-bond acceptors (Lipinski definition) is 3. The van der Waals surface area contributed by atoms with Crippen LogP contribution < -0.4 is 5.73 Å². The first kappa shape index (κ1) is 10.2. The number of amides is 1. The zero-order chi connectivity index (χ0) is 10.8. The molecule has 1 aliphatic rings. The monoisotopic (exact) mass is 224 g/mol. The predicted molar refractivity (Wildman–Crippen MR) is 59.6 cm³/mol. The van der Waals surface area contributed by atoms with Gasteiger partial charge in [0.25, 0.3) is 5.91 Å². The SMILES string of the molecule is NC(=S)C1CCCN1C(=O)c1ccoc1. The molecule has 1 atom stereocenters. The van der Waals surface area contributed by atoms with Gasteiger partial charge in [0.15, 0.2) is 0 Å². The fourth-order valence-corrected chi connectivity index (χ4v) is 2.10. The van der Waals surface area contributed by atoms with Crippen molar-refractivity contribution in [3.8, 4) is 0 Å². The average molecular weight is 224 g/mol. The van der Waals surface area contributed by atoms with Gasteiger partial charge in [-0.25, -0.2) is 0 Å². The maximum atomic E-state index is 12.0. The fraction of sp³-hybridized carbons (Fsp3) is 0.400. The van der Waals surface area contributed by atoms with Gasteiger partial charge < -0.3 is 15.1 Å². The molecule has 2 N–H and O–H groups in total. The van der Waals surface area contributed by atoms with Crippen LogP contribution in [0.1, 0.15) is 23.2 Å². The largest absolute Gasteiger partial charge is 0.472 e. The highest BCUT2D eigenvalue weighted by Crippen LogP contribution is 2.20. The van der Waals surface area contributed by atoms with Crippen LogP contribution >= 0.6 is 12.2 Å². The summed E-state index contributed by atoms with van der Waals surface area (Å²) in [5.74, 6) is -0.0564. The minimum Gasteiger partial charge on any atom is -0.472 e. The molecule has 1 aromatic rings. The number of nitrogens with two attached hydrogens (primary N) is 1. The summed E-state index contributed by atoms with van der Waals surface area (Å²) in [6, 6.07) is 1.56. The Labute approximate surface area is 93.0 Å². The molecule has 15 heavy (non-hydrogen) atoms. The minimum atomic E-state index is -0.0950. The quantitative estimate of drug-likeness (QED) is 0.766. The van der Waals surface area contributed by atoms with Crippen LogP contribution in [0.4, 0.5) is 0 Å². The summed E-state index contributed by atoms with van der Waals surface area (Å²) < 4.78 is 4.88. The van der Waals surface area contributed by atoms with Crippen LogP contribution in [0.25, 0.3) is 0 Å². The maximum Gasteiger partial charge on any atom is 0.257 e. The van der Waals surface area contributed by atoms with Crippen molar-refractivity contribution in [2.45, 2.75) is 18.9 Å². The van der Waals surface area contributed by atoms with E-state index in [1.807, 2.05) is 0 Å². The molecule has 0 aliphatic carbocycles. The Balaban J connectivity index is 2.17. The summed E-state index contributed by atoms with van der Waals surface area (Å²) in [7, 11) is 0. The van der Waals surface area contributed by atoms with Crippen molar-refractivity contribution in [3.05, 3.63) is 24.2 Å². The van der Waals surface area contributed by atoms with E-state index in [0.29, 0.717) is 17.1 Å². The van der Waals surface area contributed by atoms with E-state index in [4.69, 9.17) is 22.4 Å². The van der Waals surface area contributed by atoms with E-state index in [2.05, 4.69) is 0 Å². The lowest BCUT2D eigenvalue weighted by molar-refractivity contribution is 0.0769. The average Bonchev–Trinajstić information content (AvgIpc) is 2.88. The highest BCUT2D eigenvalue weighted by molar-refractivity contribution is 7.80. The van der Waals surface area contributed by atoms with Crippen molar-refractivity contribution < 1.29 is 9.21 Å². The molecule has 1 saturated heterocycles. The molecule has 4 nitrogen and oxygen atoms in total. The van der Waals surface area contributed by atoms with Gasteiger partial charge in [0, 0.05) is 6.54 Å². The van der Waals surface area contributed by atoms with Crippen molar-refractivity contribution in [1.29, 1.82) is 0 Å². The van der Waals surface area contributed by atoms with Crippen LogP contribution in [-0.4, -0.2) is 28.4 Å². The molecule has 1 amide bonds. The molecule has 80 valence electrons. The van der Waals surface area contributed by atoms with E-state index in [1.165, 1.54) is 12.5 Å². The first-order chi connectivity index (χ1) is 7.20. The third kappa shape index (κ3) is 1.87. The van der Waals surface area contributed by atoms with E-state index >= 15 is 0 Å². The molecule has 1 aromatic heterocycles. The number of rotatable bonds is 2. The van der Waals surface area contributed by atoms with Gasteiger partial charge in [-0.15, -0.1) is 0 Å². The summed E-state index contributed by atoms with van der Waals surface area (Å²) in [4.78, 5) is 14.1. The van der Waals surface area contributed by atoms with E-state index < -0.39 is 0 Å². The van der Waals surface area contributed by atoms with Gasteiger partial charge in [-0.1, -0.05) is 12.2 Å². The molecule has 1 fully saturated rings. The Morgan fingerprint density at radius 2 is 2.47 bits per heavy atom. The molecule has 2 heterocycles. The number of carbonyl (C=O) groups excluding carboxylic acids is 1. The van der Waals surface area contributed by atoms with Crippen molar-refractivity contribution in [3.63, 3.8) is 0 Å². The van der Waals surface area contributed by atoms with E-state index in [0.717, 1.165) is 12.8 Å². The Morgan fingerprint density at radius 1 is 1.67 bits per heavy atom. The summed E-state index contributed by atoms with van der Waals surface area (Å²) in [5.41, 5.74) is 6.15. The summed E-state index contributed by atoms with van der Waals surface area (Å²) in [5, 5.41) is 0. The molecule has 0 bridgehead atoms. The first-order valence-electron chi connectivity index (χ1n) is 4.82. The summed E-state index contributed by atoms with van der Waals surface area (Å²) in [6.07, 6.45) is 4.74. The van der Waals surface area contributed by atoms with Crippen molar-refractivity contribution >= 4 is 23.1 Å². The van der Waals surface area contributed by atoms with Gasteiger partial charge >= 0.3 is 0 Å². The lowest BCUT2D eigenvalue weighted by atomic mass is 10.2. The smallest absolute Gasteiger partial charge is 0.257 e. The molecule has 5 heteroatoms. The molecular weight excluding hydrogens is 212 g/mol.